The van der Waals surface area contributed by atoms with Crippen LogP contribution >= 0.6 is 12.2 Å². The number of nitrogens with one attached hydrogen (secondary N) is 1. The van der Waals surface area contributed by atoms with E-state index in [4.69, 9.17) is 27.2 Å². The summed E-state index contributed by atoms with van der Waals surface area (Å²) in [5, 5.41) is 7.39. The van der Waals surface area contributed by atoms with E-state index < -0.39 is 5.63 Å². The van der Waals surface area contributed by atoms with Crippen LogP contribution in [0.1, 0.15) is 5.82 Å². The average Bonchev–Trinajstić information content (AvgIpc) is 2.98. The van der Waals surface area contributed by atoms with Crippen LogP contribution in [0.15, 0.2) is 63.8 Å². The molecule has 130 valence electrons. The summed E-state index contributed by atoms with van der Waals surface area (Å²) in [7, 11) is 0. The van der Waals surface area contributed by atoms with Crippen molar-refractivity contribution in [2.45, 2.75) is 6.61 Å². The van der Waals surface area contributed by atoms with Crippen molar-refractivity contribution in [3.63, 3.8) is 0 Å². The lowest BCUT2D eigenvalue weighted by Gasteiger charge is -2.09. The Bertz CT molecular complexity index is 1190. The van der Waals surface area contributed by atoms with Gasteiger partial charge in [-0.25, -0.2) is 9.47 Å². The second kappa shape index (κ2) is 6.49. The Morgan fingerprint density at radius 3 is 2.73 bits per heavy atom. The van der Waals surface area contributed by atoms with Gasteiger partial charge in [0.2, 0.25) is 4.77 Å². The first-order chi connectivity index (χ1) is 12.6. The van der Waals surface area contributed by atoms with Crippen LogP contribution in [-0.2, 0) is 6.61 Å². The fraction of sp³-hybridized carbons (Fsp3) is 0.0556. The first kappa shape index (κ1) is 16.1. The van der Waals surface area contributed by atoms with Gasteiger partial charge >= 0.3 is 5.63 Å². The van der Waals surface area contributed by atoms with Crippen LogP contribution in [0.4, 0.5) is 0 Å². The van der Waals surface area contributed by atoms with Crippen LogP contribution in [0.3, 0.4) is 0 Å². The summed E-state index contributed by atoms with van der Waals surface area (Å²) >= 11 is 4.96. The van der Waals surface area contributed by atoms with Gasteiger partial charge in [0.1, 0.15) is 17.9 Å². The number of aromatic amines is 1. The van der Waals surface area contributed by atoms with Gasteiger partial charge in [-0.1, -0.05) is 30.3 Å². The van der Waals surface area contributed by atoms with Crippen molar-refractivity contribution in [2.24, 2.45) is 0 Å². The van der Waals surface area contributed by atoms with Crippen molar-refractivity contribution < 1.29 is 9.15 Å². The van der Waals surface area contributed by atoms with Gasteiger partial charge in [0.05, 0.1) is 0 Å². The number of hydrogen-bond acceptors (Lipinski definition) is 6. The van der Waals surface area contributed by atoms with Crippen molar-refractivity contribution in [1.29, 1.82) is 0 Å². The first-order valence-corrected chi connectivity index (χ1v) is 8.20. The summed E-state index contributed by atoms with van der Waals surface area (Å²) in [4.78, 5) is 12.0. The number of rotatable bonds is 4. The van der Waals surface area contributed by atoms with E-state index in [-0.39, 0.29) is 6.61 Å². The summed E-state index contributed by atoms with van der Waals surface area (Å²) in [6.45, 7) is 0.123. The minimum atomic E-state index is -0.420. The molecule has 26 heavy (non-hydrogen) atoms. The highest BCUT2D eigenvalue weighted by atomic mass is 32.1. The van der Waals surface area contributed by atoms with Gasteiger partial charge in [-0.05, 0) is 35.5 Å². The van der Waals surface area contributed by atoms with Gasteiger partial charge in [-0.15, -0.1) is 0 Å². The molecular weight excluding hydrogens is 352 g/mol. The fourth-order valence-electron chi connectivity index (χ4n) is 2.68. The second-order valence-corrected chi connectivity index (χ2v) is 5.99. The number of nitrogens with zero attached hydrogens (tertiary/aromatic N) is 2. The smallest absolute Gasteiger partial charge is 0.336 e. The van der Waals surface area contributed by atoms with E-state index in [1.807, 2.05) is 36.4 Å². The van der Waals surface area contributed by atoms with Crippen molar-refractivity contribution in [3.05, 3.63) is 75.6 Å². The van der Waals surface area contributed by atoms with E-state index in [0.717, 1.165) is 16.5 Å². The van der Waals surface area contributed by atoms with E-state index >= 15 is 0 Å². The molecular formula is C18H14N4O3S. The van der Waals surface area contributed by atoms with E-state index in [1.54, 1.807) is 12.1 Å². The molecule has 3 N–H and O–H groups in total. The summed E-state index contributed by atoms with van der Waals surface area (Å²) in [6, 6.07) is 16.5. The third kappa shape index (κ3) is 2.98. The molecule has 4 aromatic rings. The van der Waals surface area contributed by atoms with Crippen molar-refractivity contribution in [1.82, 2.24) is 14.9 Å². The summed E-state index contributed by atoms with van der Waals surface area (Å²) in [5.41, 5.74) is 1.78. The number of nitrogen functional groups attached to an aromatic ring is 1. The molecule has 0 saturated heterocycles. The maximum atomic E-state index is 12.0. The lowest BCUT2D eigenvalue weighted by atomic mass is 10.0. The molecule has 0 saturated carbocycles. The molecule has 0 fully saturated rings. The van der Waals surface area contributed by atoms with Crippen LogP contribution in [0.5, 0.6) is 5.75 Å². The number of fused-ring (bicyclic) bond motifs is 1. The second-order valence-electron chi connectivity index (χ2n) is 5.61. The van der Waals surface area contributed by atoms with Gasteiger partial charge in [0.15, 0.2) is 5.82 Å². The van der Waals surface area contributed by atoms with Crippen LogP contribution < -0.4 is 16.2 Å². The zero-order chi connectivity index (χ0) is 18.1. The maximum Gasteiger partial charge on any atom is 0.336 e. The average molecular weight is 366 g/mol. The maximum absolute atomic E-state index is 12.0. The number of hydrogen-bond donors (Lipinski definition) is 2. The topological polar surface area (TPSA) is 99.1 Å². The Balaban J connectivity index is 1.70. The quantitative estimate of drug-likeness (QED) is 0.327. The zero-order valence-corrected chi connectivity index (χ0v) is 14.3. The third-order valence-corrected chi connectivity index (χ3v) is 4.23. The lowest BCUT2D eigenvalue weighted by molar-refractivity contribution is 0.292. The molecule has 2 aromatic carbocycles. The van der Waals surface area contributed by atoms with Crippen molar-refractivity contribution in [3.8, 4) is 16.9 Å². The van der Waals surface area contributed by atoms with E-state index in [1.165, 1.54) is 10.7 Å². The number of benzene rings is 2. The van der Waals surface area contributed by atoms with E-state index in [0.29, 0.717) is 21.9 Å². The normalized spacial score (nSPS) is 10.9. The number of H-pyrrole nitrogens is 1. The van der Waals surface area contributed by atoms with E-state index in [2.05, 4.69) is 10.2 Å². The van der Waals surface area contributed by atoms with Crippen LogP contribution in [0.25, 0.3) is 22.1 Å². The predicted octanol–water partition coefficient (Wildman–Crippen LogP) is 3.01. The van der Waals surface area contributed by atoms with Gasteiger partial charge < -0.3 is 15.0 Å². The Kier molecular flexibility index (Phi) is 4.02. The van der Waals surface area contributed by atoms with Crippen molar-refractivity contribution in [2.75, 3.05) is 5.84 Å². The van der Waals surface area contributed by atoms with Gasteiger partial charge in [0, 0.05) is 17.5 Å². The third-order valence-electron chi connectivity index (χ3n) is 3.95. The highest BCUT2D eigenvalue weighted by molar-refractivity contribution is 7.71. The Labute approximate surface area is 152 Å². The monoisotopic (exact) mass is 366 g/mol. The predicted molar refractivity (Wildman–Crippen MR) is 99.8 cm³/mol. The molecule has 0 atom stereocenters. The molecule has 0 radical (unpaired) electrons. The van der Waals surface area contributed by atoms with Crippen LogP contribution in [0, 0.1) is 4.77 Å². The molecule has 2 heterocycles. The SMILES string of the molecule is Nn1c(COc2ccc3c(-c4ccccc4)cc(=O)oc3c2)n[nH]c1=S. The van der Waals surface area contributed by atoms with Gasteiger partial charge in [-0.2, -0.15) is 5.10 Å². The lowest BCUT2D eigenvalue weighted by Crippen LogP contribution is -2.14. The minimum absolute atomic E-state index is 0.123. The number of aromatic nitrogens is 3. The molecule has 0 spiro atoms. The van der Waals surface area contributed by atoms with Crippen molar-refractivity contribution >= 4 is 23.2 Å². The Morgan fingerprint density at radius 2 is 2.00 bits per heavy atom. The minimum Gasteiger partial charge on any atom is -0.485 e. The molecule has 8 heteroatoms. The van der Waals surface area contributed by atoms with Crippen LogP contribution in [-0.4, -0.2) is 14.9 Å². The number of ether oxygens (including phenoxy) is 1. The highest BCUT2D eigenvalue weighted by Gasteiger charge is 2.10. The van der Waals surface area contributed by atoms with Crippen LogP contribution in [0.2, 0.25) is 0 Å². The molecule has 4 rings (SSSR count). The molecule has 0 unspecified atom stereocenters. The van der Waals surface area contributed by atoms with Gasteiger partial charge in [0.25, 0.3) is 0 Å². The summed E-state index contributed by atoms with van der Waals surface area (Å²) in [5.74, 6) is 6.72. The molecule has 0 amide bonds. The highest BCUT2D eigenvalue weighted by Crippen LogP contribution is 2.29. The summed E-state index contributed by atoms with van der Waals surface area (Å²) in [6.07, 6.45) is 0. The van der Waals surface area contributed by atoms with Gasteiger partial charge in [-0.3, -0.25) is 5.10 Å². The Morgan fingerprint density at radius 1 is 1.19 bits per heavy atom. The first-order valence-electron chi connectivity index (χ1n) is 7.79. The molecule has 0 aliphatic carbocycles. The molecule has 0 bridgehead atoms. The standard InChI is InChI=1S/C18H14N4O3S/c19-22-16(20-21-18(22)26)10-24-12-6-7-13-14(11-4-2-1-3-5-11)9-17(23)25-15(13)8-12/h1-9H,10,19H2,(H,21,26). The zero-order valence-electron chi connectivity index (χ0n) is 13.5. The summed E-state index contributed by atoms with van der Waals surface area (Å²) < 4.78 is 12.6. The Hall–Kier alpha value is -3.39. The fourth-order valence-corrected chi connectivity index (χ4v) is 2.83. The largest absolute Gasteiger partial charge is 0.485 e. The molecule has 0 aliphatic heterocycles. The number of nitrogens with two attached hydrogens (primary N) is 1. The molecule has 0 aliphatic rings. The molecule has 7 nitrogen and oxygen atoms in total. The molecule has 2 aromatic heterocycles. The van der Waals surface area contributed by atoms with E-state index in [9.17, 15) is 4.79 Å².